The minimum absolute atomic E-state index is 0.0559. The SMILES string of the molecule is CC(=O)c1ccc(F)c(OC(F)F)c1I. The second kappa shape index (κ2) is 4.82. The van der Waals surface area contributed by atoms with Gasteiger partial charge in [0.05, 0.1) is 3.57 Å². The molecule has 0 amide bonds. The molecule has 6 heteroatoms. The predicted molar refractivity (Wildman–Crippen MR) is 55.8 cm³/mol. The van der Waals surface area contributed by atoms with E-state index in [1.54, 1.807) is 22.6 Å². The predicted octanol–water partition coefficient (Wildman–Crippen LogP) is 3.23. The number of halogens is 4. The van der Waals surface area contributed by atoms with Crippen molar-refractivity contribution in [3.8, 4) is 5.75 Å². The van der Waals surface area contributed by atoms with Crippen LogP contribution in [0.5, 0.6) is 5.75 Å². The molecule has 0 saturated carbocycles. The third kappa shape index (κ3) is 2.83. The molecule has 0 radical (unpaired) electrons. The summed E-state index contributed by atoms with van der Waals surface area (Å²) in [4.78, 5) is 11.0. The molecule has 0 aliphatic carbocycles. The fourth-order valence-corrected chi connectivity index (χ4v) is 1.95. The van der Waals surface area contributed by atoms with Gasteiger partial charge in [-0.05, 0) is 41.6 Å². The first kappa shape index (κ1) is 12.3. The van der Waals surface area contributed by atoms with Gasteiger partial charge in [0.1, 0.15) is 0 Å². The number of hydrogen-bond donors (Lipinski definition) is 0. The highest BCUT2D eigenvalue weighted by molar-refractivity contribution is 14.1. The summed E-state index contributed by atoms with van der Waals surface area (Å²) in [6, 6.07) is 2.16. The maximum absolute atomic E-state index is 13.1. The van der Waals surface area contributed by atoms with Crippen molar-refractivity contribution >= 4 is 28.4 Å². The molecule has 0 aliphatic heterocycles. The van der Waals surface area contributed by atoms with E-state index in [0.717, 1.165) is 6.07 Å². The largest absolute Gasteiger partial charge is 0.431 e. The van der Waals surface area contributed by atoms with Crippen LogP contribution >= 0.6 is 22.6 Å². The van der Waals surface area contributed by atoms with E-state index >= 15 is 0 Å². The normalized spacial score (nSPS) is 10.5. The molecule has 1 aromatic rings. The lowest BCUT2D eigenvalue weighted by molar-refractivity contribution is -0.0528. The van der Waals surface area contributed by atoms with Crippen LogP contribution in [0.2, 0.25) is 0 Å². The number of hydrogen-bond acceptors (Lipinski definition) is 2. The molecule has 15 heavy (non-hydrogen) atoms. The summed E-state index contributed by atoms with van der Waals surface area (Å²) in [5.74, 6) is -1.83. The van der Waals surface area contributed by atoms with Crippen LogP contribution in [0.25, 0.3) is 0 Å². The lowest BCUT2D eigenvalue weighted by atomic mass is 10.1. The Hall–Kier alpha value is -0.790. The van der Waals surface area contributed by atoms with Crippen LogP contribution in [-0.2, 0) is 0 Å². The Morgan fingerprint density at radius 2 is 2.07 bits per heavy atom. The van der Waals surface area contributed by atoms with Gasteiger partial charge in [-0.15, -0.1) is 0 Å². The van der Waals surface area contributed by atoms with Crippen molar-refractivity contribution in [3.63, 3.8) is 0 Å². The first-order chi connectivity index (χ1) is 6.93. The monoisotopic (exact) mass is 330 g/mol. The van der Waals surface area contributed by atoms with E-state index in [1.165, 1.54) is 13.0 Å². The molecule has 0 unspecified atom stereocenters. The highest BCUT2D eigenvalue weighted by atomic mass is 127. The Morgan fingerprint density at radius 1 is 1.47 bits per heavy atom. The van der Waals surface area contributed by atoms with Gasteiger partial charge in [0.2, 0.25) is 0 Å². The van der Waals surface area contributed by atoms with Gasteiger partial charge in [-0.3, -0.25) is 4.79 Å². The summed E-state index contributed by atoms with van der Waals surface area (Å²) < 4.78 is 41.0. The van der Waals surface area contributed by atoms with Gasteiger partial charge >= 0.3 is 6.61 Å². The number of Topliss-reactive ketones (excluding diaryl/α,β-unsaturated/α-hetero) is 1. The first-order valence-corrected chi connectivity index (χ1v) is 4.95. The van der Waals surface area contributed by atoms with Crippen LogP contribution < -0.4 is 4.74 Å². The molecule has 0 fully saturated rings. The standard InChI is InChI=1S/C9H6F3IO2/c1-4(14)5-2-3-6(10)8(7(5)13)15-9(11)12/h2-3,9H,1H3. The molecule has 1 rings (SSSR count). The minimum Gasteiger partial charge on any atom is -0.431 e. The number of ether oxygens (including phenoxy) is 1. The molecule has 0 saturated heterocycles. The van der Waals surface area contributed by atoms with Crippen molar-refractivity contribution < 1.29 is 22.7 Å². The highest BCUT2D eigenvalue weighted by Gasteiger charge is 2.18. The smallest absolute Gasteiger partial charge is 0.387 e. The molecule has 0 spiro atoms. The number of ketones is 1. The van der Waals surface area contributed by atoms with Crippen molar-refractivity contribution in [3.05, 3.63) is 27.1 Å². The molecule has 1 aromatic carbocycles. The highest BCUT2D eigenvalue weighted by Crippen LogP contribution is 2.29. The molecule has 2 nitrogen and oxygen atoms in total. The zero-order valence-corrected chi connectivity index (χ0v) is 9.72. The van der Waals surface area contributed by atoms with E-state index in [1.807, 2.05) is 0 Å². The van der Waals surface area contributed by atoms with Crippen LogP contribution in [0, 0.1) is 9.39 Å². The Balaban J connectivity index is 3.24. The lowest BCUT2D eigenvalue weighted by Gasteiger charge is -2.10. The molecule has 0 aliphatic rings. The van der Waals surface area contributed by atoms with Crippen molar-refractivity contribution in [2.24, 2.45) is 0 Å². The van der Waals surface area contributed by atoms with Gasteiger partial charge in [0.15, 0.2) is 17.3 Å². The van der Waals surface area contributed by atoms with Gasteiger partial charge in [-0.2, -0.15) is 8.78 Å². The second-order valence-corrected chi connectivity index (χ2v) is 3.75. The molecule has 0 aromatic heterocycles. The maximum Gasteiger partial charge on any atom is 0.387 e. The van der Waals surface area contributed by atoms with E-state index in [9.17, 15) is 18.0 Å². The third-order valence-electron chi connectivity index (χ3n) is 1.64. The van der Waals surface area contributed by atoms with E-state index in [4.69, 9.17) is 0 Å². The summed E-state index contributed by atoms with van der Waals surface area (Å²) in [7, 11) is 0. The van der Waals surface area contributed by atoms with E-state index in [0.29, 0.717) is 0 Å². The topological polar surface area (TPSA) is 26.3 Å². The zero-order chi connectivity index (χ0) is 11.6. The summed E-state index contributed by atoms with van der Waals surface area (Å²) >= 11 is 1.60. The van der Waals surface area contributed by atoms with Gasteiger partial charge in [0.25, 0.3) is 0 Å². The average Bonchev–Trinajstić information content (AvgIpc) is 2.11. The molecule has 0 bridgehead atoms. The van der Waals surface area contributed by atoms with E-state index in [2.05, 4.69) is 4.74 Å². The Kier molecular flexibility index (Phi) is 3.95. The van der Waals surface area contributed by atoms with Gasteiger partial charge in [-0.1, -0.05) is 0 Å². The number of rotatable bonds is 3. The third-order valence-corrected chi connectivity index (χ3v) is 2.71. The van der Waals surface area contributed by atoms with Crippen LogP contribution in [0.15, 0.2) is 12.1 Å². The zero-order valence-electron chi connectivity index (χ0n) is 7.56. The number of carbonyl (C=O) groups is 1. The maximum atomic E-state index is 13.1. The molecule has 0 heterocycles. The van der Waals surface area contributed by atoms with E-state index < -0.39 is 18.2 Å². The summed E-state index contributed by atoms with van der Waals surface area (Å²) in [5.41, 5.74) is 0.160. The molecule has 0 N–H and O–H groups in total. The van der Waals surface area contributed by atoms with Crippen LogP contribution in [0.1, 0.15) is 17.3 Å². The fraction of sp³-hybridized carbons (Fsp3) is 0.222. The lowest BCUT2D eigenvalue weighted by Crippen LogP contribution is -2.08. The summed E-state index contributed by atoms with van der Waals surface area (Å²) in [6.07, 6.45) is 0. The van der Waals surface area contributed by atoms with Crippen LogP contribution in [-0.4, -0.2) is 12.4 Å². The van der Waals surface area contributed by atoms with Crippen LogP contribution in [0.3, 0.4) is 0 Å². The van der Waals surface area contributed by atoms with Crippen molar-refractivity contribution in [1.29, 1.82) is 0 Å². The average molecular weight is 330 g/mol. The van der Waals surface area contributed by atoms with Crippen molar-refractivity contribution in [1.82, 2.24) is 0 Å². The molecular formula is C9H6F3IO2. The number of benzene rings is 1. The van der Waals surface area contributed by atoms with Crippen molar-refractivity contribution in [2.75, 3.05) is 0 Å². The van der Waals surface area contributed by atoms with Crippen LogP contribution in [0.4, 0.5) is 13.2 Å². The Labute approximate surface area is 97.6 Å². The van der Waals surface area contributed by atoms with Crippen molar-refractivity contribution in [2.45, 2.75) is 13.5 Å². The number of alkyl halides is 2. The van der Waals surface area contributed by atoms with Gasteiger partial charge < -0.3 is 4.74 Å². The minimum atomic E-state index is -3.12. The fourth-order valence-electron chi connectivity index (χ4n) is 1.00. The summed E-state index contributed by atoms with van der Waals surface area (Å²) in [6.45, 7) is -1.85. The summed E-state index contributed by atoms with van der Waals surface area (Å²) in [5, 5.41) is 0. The number of carbonyl (C=O) groups excluding carboxylic acids is 1. The first-order valence-electron chi connectivity index (χ1n) is 3.87. The molecule has 82 valence electrons. The quantitative estimate of drug-likeness (QED) is 0.628. The van der Waals surface area contributed by atoms with Gasteiger partial charge in [-0.25, -0.2) is 4.39 Å². The molecule has 0 atom stereocenters. The Bertz CT molecular complexity index is 393. The Morgan fingerprint density at radius 3 is 2.53 bits per heavy atom. The van der Waals surface area contributed by atoms with Gasteiger partial charge in [0, 0.05) is 5.56 Å². The second-order valence-electron chi connectivity index (χ2n) is 2.67. The van der Waals surface area contributed by atoms with E-state index in [-0.39, 0.29) is 14.9 Å². The molecular weight excluding hydrogens is 324 g/mol.